The zero-order valence-electron chi connectivity index (χ0n) is 11.5. The van der Waals surface area contributed by atoms with Gasteiger partial charge in [-0.15, -0.1) is 0 Å². The van der Waals surface area contributed by atoms with Crippen molar-refractivity contribution in [1.82, 2.24) is 0 Å². The van der Waals surface area contributed by atoms with Crippen LogP contribution in [0.3, 0.4) is 0 Å². The van der Waals surface area contributed by atoms with E-state index in [2.05, 4.69) is 20.8 Å². The van der Waals surface area contributed by atoms with Crippen molar-refractivity contribution in [3.63, 3.8) is 0 Å². The van der Waals surface area contributed by atoms with Gasteiger partial charge in [-0.25, -0.2) is 8.78 Å². The van der Waals surface area contributed by atoms with E-state index < -0.39 is 17.7 Å². The fourth-order valence-corrected chi connectivity index (χ4v) is 2.41. The fourth-order valence-electron chi connectivity index (χ4n) is 2.41. The summed E-state index contributed by atoms with van der Waals surface area (Å²) in [6, 6.07) is 3.31. The quantitative estimate of drug-likeness (QED) is 0.843. The summed E-state index contributed by atoms with van der Waals surface area (Å²) in [7, 11) is 0. The number of aliphatic hydroxyl groups is 1. The number of hydrogen-bond acceptors (Lipinski definition) is 1. The molecule has 0 aromatic heterocycles. The van der Waals surface area contributed by atoms with E-state index in [0.717, 1.165) is 12.5 Å². The van der Waals surface area contributed by atoms with Crippen molar-refractivity contribution in [2.75, 3.05) is 0 Å². The molecule has 1 aromatic rings. The zero-order valence-corrected chi connectivity index (χ0v) is 11.5. The van der Waals surface area contributed by atoms with Crippen molar-refractivity contribution in [3.05, 3.63) is 35.4 Å². The van der Waals surface area contributed by atoms with Crippen molar-refractivity contribution >= 4 is 0 Å². The molecule has 0 spiro atoms. The van der Waals surface area contributed by atoms with Gasteiger partial charge in [-0.2, -0.15) is 0 Å². The minimum absolute atomic E-state index is 0.178. The third-order valence-corrected chi connectivity index (χ3v) is 2.91. The normalized spacial score (nSPS) is 15.5. The first-order valence-corrected chi connectivity index (χ1v) is 6.32. The molecular weight excluding hydrogens is 234 g/mol. The molecule has 2 atom stereocenters. The summed E-state index contributed by atoms with van der Waals surface area (Å²) in [4.78, 5) is 0. The number of halogens is 2. The van der Waals surface area contributed by atoms with Crippen LogP contribution >= 0.6 is 0 Å². The van der Waals surface area contributed by atoms with E-state index >= 15 is 0 Å². The monoisotopic (exact) mass is 256 g/mol. The fraction of sp³-hybridized carbons (Fsp3) is 0.600. The molecule has 18 heavy (non-hydrogen) atoms. The van der Waals surface area contributed by atoms with Gasteiger partial charge in [0.25, 0.3) is 0 Å². The number of aliphatic hydroxyl groups excluding tert-OH is 1. The molecule has 0 amide bonds. The Hall–Kier alpha value is -0.960. The van der Waals surface area contributed by atoms with Gasteiger partial charge in [-0.05, 0) is 30.2 Å². The maximum absolute atomic E-state index is 13.5. The molecule has 0 aliphatic heterocycles. The summed E-state index contributed by atoms with van der Waals surface area (Å²) >= 11 is 0. The molecule has 102 valence electrons. The lowest BCUT2D eigenvalue weighted by atomic mass is 9.82. The Morgan fingerprint density at radius 1 is 1.22 bits per heavy atom. The van der Waals surface area contributed by atoms with Crippen LogP contribution in [0.4, 0.5) is 8.78 Å². The molecule has 0 bridgehead atoms. The summed E-state index contributed by atoms with van der Waals surface area (Å²) in [6.45, 7) is 8.44. The van der Waals surface area contributed by atoms with E-state index in [-0.39, 0.29) is 16.9 Å². The smallest absolute Gasteiger partial charge is 0.131 e. The molecule has 0 radical (unpaired) electrons. The first-order valence-electron chi connectivity index (χ1n) is 6.32. The topological polar surface area (TPSA) is 20.2 Å². The summed E-state index contributed by atoms with van der Waals surface area (Å²) < 4.78 is 26.3. The molecule has 1 nitrogen and oxygen atoms in total. The summed E-state index contributed by atoms with van der Waals surface area (Å²) in [5.41, 5.74) is 0.359. The predicted molar refractivity (Wildman–Crippen MR) is 69.2 cm³/mol. The molecule has 0 fully saturated rings. The van der Waals surface area contributed by atoms with Gasteiger partial charge in [-0.1, -0.05) is 33.8 Å². The summed E-state index contributed by atoms with van der Waals surface area (Å²) in [5, 5.41) is 10.00. The molecule has 1 aromatic carbocycles. The van der Waals surface area contributed by atoms with Crippen LogP contribution in [-0.2, 0) is 0 Å². The van der Waals surface area contributed by atoms with Crippen molar-refractivity contribution in [2.45, 2.75) is 46.6 Å². The first kappa shape index (κ1) is 15.1. The van der Waals surface area contributed by atoms with E-state index in [0.29, 0.717) is 6.42 Å². The molecule has 0 saturated carbocycles. The Morgan fingerprint density at radius 2 is 1.83 bits per heavy atom. The highest BCUT2D eigenvalue weighted by molar-refractivity contribution is 5.20. The third-order valence-electron chi connectivity index (χ3n) is 2.91. The van der Waals surface area contributed by atoms with Crippen LogP contribution in [0.15, 0.2) is 18.2 Å². The standard InChI is InChI=1S/C15H22F2O/c1-10(9-15(2,3)4)7-14(18)12-6-5-11(16)8-13(12)17/h5-6,8,10,14,18H,7,9H2,1-4H3. The second-order valence-corrected chi connectivity index (χ2v) is 6.29. The zero-order chi connectivity index (χ0) is 13.9. The van der Waals surface area contributed by atoms with Gasteiger partial charge in [-0.3, -0.25) is 0 Å². The van der Waals surface area contributed by atoms with Crippen LogP contribution in [0, 0.1) is 23.0 Å². The van der Waals surface area contributed by atoms with E-state index in [1.807, 2.05) is 6.92 Å². The second-order valence-electron chi connectivity index (χ2n) is 6.29. The second kappa shape index (κ2) is 5.79. The lowest BCUT2D eigenvalue weighted by Gasteiger charge is -2.25. The van der Waals surface area contributed by atoms with E-state index in [9.17, 15) is 13.9 Å². The van der Waals surface area contributed by atoms with Crippen molar-refractivity contribution in [2.24, 2.45) is 11.3 Å². The Kier molecular flexibility index (Phi) is 4.85. The van der Waals surface area contributed by atoms with Crippen molar-refractivity contribution in [3.8, 4) is 0 Å². The van der Waals surface area contributed by atoms with Gasteiger partial charge >= 0.3 is 0 Å². The van der Waals surface area contributed by atoms with Crippen LogP contribution in [-0.4, -0.2) is 5.11 Å². The van der Waals surface area contributed by atoms with Crippen molar-refractivity contribution in [1.29, 1.82) is 0 Å². The molecule has 1 rings (SSSR count). The maximum Gasteiger partial charge on any atom is 0.131 e. The molecular formula is C15H22F2O. The lowest BCUT2D eigenvalue weighted by molar-refractivity contribution is 0.130. The lowest BCUT2D eigenvalue weighted by Crippen LogP contribution is -2.14. The minimum Gasteiger partial charge on any atom is -0.388 e. The predicted octanol–water partition coefficient (Wildman–Crippen LogP) is 4.46. The van der Waals surface area contributed by atoms with Gasteiger partial charge < -0.3 is 5.11 Å². The minimum atomic E-state index is -0.872. The number of hydrogen-bond donors (Lipinski definition) is 1. The molecule has 0 aliphatic carbocycles. The van der Waals surface area contributed by atoms with Crippen LogP contribution in [0.2, 0.25) is 0 Å². The van der Waals surface area contributed by atoms with Crippen LogP contribution < -0.4 is 0 Å². The maximum atomic E-state index is 13.5. The Labute approximate surface area is 108 Å². The number of benzene rings is 1. The largest absolute Gasteiger partial charge is 0.388 e. The third kappa shape index (κ3) is 4.73. The Balaban J connectivity index is 2.67. The highest BCUT2D eigenvalue weighted by Gasteiger charge is 2.20. The number of rotatable bonds is 4. The average molecular weight is 256 g/mol. The van der Waals surface area contributed by atoms with Crippen LogP contribution in [0.1, 0.15) is 52.2 Å². The molecule has 0 aliphatic rings. The van der Waals surface area contributed by atoms with Gasteiger partial charge in [0.2, 0.25) is 0 Å². The van der Waals surface area contributed by atoms with Crippen LogP contribution in [0.5, 0.6) is 0 Å². The highest BCUT2D eigenvalue weighted by atomic mass is 19.1. The van der Waals surface area contributed by atoms with Gasteiger partial charge in [0.15, 0.2) is 0 Å². The molecule has 0 saturated heterocycles. The van der Waals surface area contributed by atoms with E-state index in [4.69, 9.17) is 0 Å². The Morgan fingerprint density at radius 3 is 2.33 bits per heavy atom. The van der Waals surface area contributed by atoms with Gasteiger partial charge in [0.05, 0.1) is 6.10 Å². The van der Waals surface area contributed by atoms with Crippen LogP contribution in [0.25, 0.3) is 0 Å². The summed E-state index contributed by atoms with van der Waals surface area (Å²) in [5.74, 6) is -1.01. The molecule has 3 heteroatoms. The van der Waals surface area contributed by atoms with Crippen molar-refractivity contribution < 1.29 is 13.9 Å². The molecule has 1 N–H and O–H groups in total. The SMILES string of the molecule is CC(CC(O)c1ccc(F)cc1F)CC(C)(C)C. The van der Waals surface area contributed by atoms with Gasteiger partial charge in [0.1, 0.15) is 11.6 Å². The van der Waals surface area contributed by atoms with E-state index in [1.54, 1.807) is 0 Å². The first-order chi connectivity index (χ1) is 8.19. The average Bonchev–Trinajstić information content (AvgIpc) is 2.13. The van der Waals surface area contributed by atoms with Gasteiger partial charge in [0, 0.05) is 11.6 Å². The Bertz CT molecular complexity index is 396. The molecule has 2 unspecified atom stereocenters. The highest BCUT2D eigenvalue weighted by Crippen LogP contribution is 2.31. The summed E-state index contributed by atoms with van der Waals surface area (Å²) in [6.07, 6.45) is 0.565. The van der Waals surface area contributed by atoms with E-state index in [1.165, 1.54) is 12.1 Å². The molecule has 0 heterocycles.